The quantitative estimate of drug-likeness (QED) is 0.468. The molecule has 2 rings (SSSR count). The summed E-state index contributed by atoms with van der Waals surface area (Å²) in [5.41, 5.74) is 7.17. The zero-order valence-electron chi connectivity index (χ0n) is 8.04. The number of benzene rings is 1. The van der Waals surface area contributed by atoms with Gasteiger partial charge in [-0.05, 0) is 24.9 Å². The maximum atomic E-state index is 13.7. The van der Waals surface area contributed by atoms with Gasteiger partial charge in [-0.3, -0.25) is 0 Å². The van der Waals surface area contributed by atoms with Crippen LogP contribution >= 0.6 is 0 Å². The van der Waals surface area contributed by atoms with Crippen LogP contribution in [-0.4, -0.2) is 12.1 Å². The Balaban J connectivity index is 2.70. The van der Waals surface area contributed by atoms with E-state index in [9.17, 15) is 9.41 Å². The number of nitrogen functional groups attached to an aromatic ring is 1. The van der Waals surface area contributed by atoms with Crippen LogP contribution in [0, 0.1) is 12.7 Å². The number of halogens is 1. The molecule has 1 atom stereocenters. The number of nitrogens with two attached hydrogens (primary N) is 1. The Morgan fingerprint density at radius 2 is 2.29 bits per heavy atom. The maximum Gasteiger partial charge on any atom is 0.492 e. The Kier molecular flexibility index (Phi) is 2.01. The molecule has 0 saturated heterocycles. The lowest BCUT2D eigenvalue weighted by Crippen LogP contribution is -2.29. The van der Waals surface area contributed by atoms with Crippen molar-refractivity contribution < 1.29 is 14.1 Å². The lowest BCUT2D eigenvalue weighted by Gasteiger charge is -2.09. The first kappa shape index (κ1) is 9.49. The molecule has 0 amide bonds. The monoisotopic (exact) mass is 195 g/mol. The van der Waals surface area contributed by atoms with Crippen molar-refractivity contribution in [2.45, 2.75) is 20.0 Å². The highest BCUT2D eigenvalue weighted by atomic mass is 19.1. The van der Waals surface area contributed by atoms with Crippen molar-refractivity contribution in [1.29, 1.82) is 0 Å². The molecule has 0 fully saturated rings. The molecule has 3 N–H and O–H groups in total. The van der Waals surface area contributed by atoms with Crippen LogP contribution in [-0.2, 0) is 4.65 Å². The van der Waals surface area contributed by atoms with E-state index in [2.05, 4.69) is 0 Å². The van der Waals surface area contributed by atoms with Gasteiger partial charge in [0, 0.05) is 5.56 Å². The molecule has 1 aromatic rings. The summed E-state index contributed by atoms with van der Waals surface area (Å²) >= 11 is 0. The van der Waals surface area contributed by atoms with Crippen molar-refractivity contribution in [3.63, 3.8) is 0 Å². The zero-order valence-corrected chi connectivity index (χ0v) is 8.04. The van der Waals surface area contributed by atoms with Crippen LogP contribution < -0.4 is 11.2 Å². The molecule has 0 saturated carbocycles. The van der Waals surface area contributed by atoms with Gasteiger partial charge in [-0.15, -0.1) is 0 Å². The molecule has 0 radical (unpaired) electrons. The van der Waals surface area contributed by atoms with Gasteiger partial charge in [0.1, 0.15) is 0 Å². The SMILES string of the molecule is Cc1cc2c(c(F)c1N)C(C)OB2O. The van der Waals surface area contributed by atoms with E-state index in [0.717, 1.165) is 0 Å². The van der Waals surface area contributed by atoms with Crippen molar-refractivity contribution in [2.75, 3.05) is 5.73 Å². The van der Waals surface area contributed by atoms with Crippen LogP contribution in [0.15, 0.2) is 6.07 Å². The molecule has 0 aliphatic carbocycles. The van der Waals surface area contributed by atoms with Crippen LogP contribution in [0.25, 0.3) is 0 Å². The zero-order chi connectivity index (χ0) is 10.5. The average molecular weight is 195 g/mol. The van der Waals surface area contributed by atoms with Crippen LogP contribution in [0.2, 0.25) is 0 Å². The van der Waals surface area contributed by atoms with Gasteiger partial charge in [0.2, 0.25) is 0 Å². The molecule has 14 heavy (non-hydrogen) atoms. The molecule has 1 aliphatic rings. The minimum atomic E-state index is -1.03. The third-order valence-electron chi connectivity index (χ3n) is 2.59. The van der Waals surface area contributed by atoms with E-state index in [1.54, 1.807) is 19.9 Å². The van der Waals surface area contributed by atoms with Crippen LogP contribution in [0.4, 0.5) is 10.1 Å². The van der Waals surface area contributed by atoms with E-state index in [1.807, 2.05) is 0 Å². The van der Waals surface area contributed by atoms with Gasteiger partial charge >= 0.3 is 7.12 Å². The second-order valence-electron chi connectivity index (χ2n) is 3.55. The topological polar surface area (TPSA) is 55.5 Å². The van der Waals surface area contributed by atoms with Gasteiger partial charge in [-0.2, -0.15) is 0 Å². The molecule has 0 aromatic heterocycles. The number of hydrogen-bond acceptors (Lipinski definition) is 3. The predicted octanol–water partition coefficient (Wildman–Crippen LogP) is 0.495. The largest absolute Gasteiger partial charge is 0.492 e. The standard InChI is InChI=1S/C9H11BFNO2/c1-4-3-6-7(8(11)9(4)12)5(2)14-10(6)13/h3,5,13H,12H2,1-2H3. The number of hydrogen-bond donors (Lipinski definition) is 2. The summed E-state index contributed by atoms with van der Waals surface area (Å²) in [6.07, 6.45) is -0.442. The van der Waals surface area contributed by atoms with Gasteiger partial charge < -0.3 is 15.4 Å². The van der Waals surface area contributed by atoms with E-state index in [1.165, 1.54) is 0 Å². The molecule has 5 heteroatoms. The van der Waals surface area contributed by atoms with E-state index < -0.39 is 19.0 Å². The Morgan fingerprint density at radius 3 is 2.93 bits per heavy atom. The fourth-order valence-electron chi connectivity index (χ4n) is 1.79. The molecule has 1 aliphatic heterocycles. The predicted molar refractivity (Wildman–Crippen MR) is 52.7 cm³/mol. The van der Waals surface area contributed by atoms with Crippen molar-refractivity contribution in [2.24, 2.45) is 0 Å². The summed E-state index contributed by atoms with van der Waals surface area (Å²) in [6, 6.07) is 1.67. The molecule has 0 bridgehead atoms. The van der Waals surface area contributed by atoms with Gasteiger partial charge in [-0.25, -0.2) is 4.39 Å². The molecule has 1 aromatic carbocycles. The van der Waals surface area contributed by atoms with E-state index in [0.29, 0.717) is 16.6 Å². The van der Waals surface area contributed by atoms with E-state index in [-0.39, 0.29) is 5.69 Å². The lowest BCUT2D eigenvalue weighted by molar-refractivity contribution is 0.205. The summed E-state index contributed by atoms with van der Waals surface area (Å²) in [6.45, 7) is 3.39. The summed E-state index contributed by atoms with van der Waals surface area (Å²) in [7, 11) is -1.03. The summed E-state index contributed by atoms with van der Waals surface area (Å²) in [4.78, 5) is 0. The minimum Gasteiger partial charge on any atom is -0.423 e. The Hall–Kier alpha value is -1.07. The molecule has 3 nitrogen and oxygen atoms in total. The summed E-state index contributed by atoms with van der Waals surface area (Å²) < 4.78 is 18.8. The highest BCUT2D eigenvalue weighted by molar-refractivity contribution is 6.61. The van der Waals surface area contributed by atoms with E-state index in [4.69, 9.17) is 10.4 Å². The number of fused-ring (bicyclic) bond motifs is 1. The van der Waals surface area contributed by atoms with Crippen LogP contribution in [0.5, 0.6) is 0 Å². The fourth-order valence-corrected chi connectivity index (χ4v) is 1.79. The first-order valence-corrected chi connectivity index (χ1v) is 4.44. The fraction of sp³-hybridized carbons (Fsp3) is 0.333. The van der Waals surface area contributed by atoms with Crippen molar-refractivity contribution >= 4 is 18.3 Å². The van der Waals surface area contributed by atoms with Gasteiger partial charge in [0.25, 0.3) is 0 Å². The van der Waals surface area contributed by atoms with Crippen molar-refractivity contribution in [1.82, 2.24) is 0 Å². The average Bonchev–Trinajstić information content (AvgIpc) is 2.38. The normalized spacial score (nSPS) is 20.0. The second kappa shape index (κ2) is 2.97. The van der Waals surface area contributed by atoms with E-state index >= 15 is 0 Å². The molecule has 0 spiro atoms. The van der Waals surface area contributed by atoms with Gasteiger partial charge in [-0.1, -0.05) is 6.07 Å². The van der Waals surface area contributed by atoms with Gasteiger partial charge in [0.15, 0.2) is 5.82 Å². The number of rotatable bonds is 0. The first-order chi connectivity index (χ1) is 6.52. The highest BCUT2D eigenvalue weighted by Gasteiger charge is 2.36. The van der Waals surface area contributed by atoms with Crippen LogP contribution in [0.1, 0.15) is 24.2 Å². The second-order valence-corrected chi connectivity index (χ2v) is 3.55. The van der Waals surface area contributed by atoms with Crippen molar-refractivity contribution in [3.8, 4) is 0 Å². The molecule has 1 heterocycles. The number of anilines is 1. The highest BCUT2D eigenvalue weighted by Crippen LogP contribution is 2.29. The third-order valence-corrected chi connectivity index (χ3v) is 2.59. The Morgan fingerprint density at radius 1 is 1.64 bits per heavy atom. The Labute approximate surface area is 81.8 Å². The smallest absolute Gasteiger partial charge is 0.423 e. The molecular formula is C9H11BFNO2. The first-order valence-electron chi connectivity index (χ1n) is 4.44. The van der Waals surface area contributed by atoms with Gasteiger partial charge in [0.05, 0.1) is 11.8 Å². The Bertz CT molecular complexity index is 397. The summed E-state index contributed by atoms with van der Waals surface area (Å²) in [5, 5.41) is 9.46. The molecular weight excluding hydrogens is 184 g/mol. The maximum absolute atomic E-state index is 13.7. The third kappa shape index (κ3) is 1.13. The molecule has 1 unspecified atom stereocenters. The minimum absolute atomic E-state index is 0.133. The lowest BCUT2D eigenvalue weighted by atomic mass is 9.78. The molecule has 74 valence electrons. The summed E-state index contributed by atoms with van der Waals surface area (Å²) in [5.74, 6) is -0.468. The number of aryl methyl sites for hydroxylation is 1. The van der Waals surface area contributed by atoms with Crippen LogP contribution in [0.3, 0.4) is 0 Å². The van der Waals surface area contributed by atoms with Crippen molar-refractivity contribution in [3.05, 3.63) is 23.0 Å².